The van der Waals surface area contributed by atoms with Crippen molar-refractivity contribution >= 4 is 15.7 Å². The van der Waals surface area contributed by atoms with Crippen LogP contribution in [-0.4, -0.2) is 47.2 Å². The Morgan fingerprint density at radius 3 is 1.33 bits per heavy atom. The molecule has 0 radical (unpaired) electrons. The van der Waals surface area contributed by atoms with E-state index in [1.165, 1.54) is 0 Å². The van der Waals surface area contributed by atoms with E-state index in [1.807, 2.05) is 0 Å². The molecule has 12 heavy (non-hydrogen) atoms. The van der Waals surface area contributed by atoms with Crippen molar-refractivity contribution in [3.05, 3.63) is 0 Å². The molecule has 0 aromatic carbocycles. The molecule has 0 aliphatic rings. The van der Waals surface area contributed by atoms with Gasteiger partial charge in [0.2, 0.25) is 0 Å². The molecule has 6 nitrogen and oxygen atoms in total. The molecule has 70 valence electrons. The molecule has 8 heteroatoms. The van der Waals surface area contributed by atoms with E-state index in [4.69, 9.17) is 28.3 Å². The van der Waals surface area contributed by atoms with Gasteiger partial charge in [-0.1, -0.05) is 0 Å². The van der Waals surface area contributed by atoms with Crippen molar-refractivity contribution in [2.24, 2.45) is 0 Å². The molecule has 0 aromatic heterocycles. The molecule has 0 aliphatic carbocycles. The fourth-order valence-corrected chi connectivity index (χ4v) is 0.866. The van der Waals surface area contributed by atoms with Crippen LogP contribution in [0.5, 0.6) is 0 Å². The van der Waals surface area contributed by atoms with Crippen LogP contribution >= 0.6 is 0 Å². The van der Waals surface area contributed by atoms with Gasteiger partial charge in [0.05, 0.1) is 0 Å². The minimum absolute atomic E-state index is 0. The topological polar surface area (TPSA) is 85.2 Å². The Morgan fingerprint density at radius 2 is 1.33 bits per heavy atom. The summed E-state index contributed by atoms with van der Waals surface area (Å²) in [5, 5.41) is 13.9. The van der Waals surface area contributed by atoms with E-state index in [0.717, 1.165) is 0 Å². The van der Waals surface area contributed by atoms with Crippen LogP contribution in [0.3, 0.4) is 0 Å². The molecule has 0 saturated carbocycles. The van der Waals surface area contributed by atoms with Gasteiger partial charge in [0, 0.05) is 21.3 Å². The van der Waals surface area contributed by atoms with Crippen LogP contribution in [0.4, 0.5) is 4.79 Å². The van der Waals surface area contributed by atoms with Crippen molar-refractivity contribution in [1.82, 2.24) is 0 Å². The zero-order valence-corrected chi connectivity index (χ0v) is 10.8. The zero-order valence-electron chi connectivity index (χ0n) is 8.60. The smallest absolute Gasteiger partial charge is 1.00 e. The minimum atomic E-state index is -1.83. The Bertz CT molecular complexity index is 93.1. The van der Waals surface area contributed by atoms with Crippen LogP contribution in [0.25, 0.3) is 0 Å². The fourth-order valence-electron chi connectivity index (χ4n) is 0.289. The molecule has 0 bridgehead atoms. The summed E-state index contributed by atoms with van der Waals surface area (Å²) in [5.41, 5.74) is 0. The monoisotopic (exact) mass is 208 g/mol. The summed E-state index contributed by atoms with van der Waals surface area (Å²) in [6.45, 7) is 0. The molecular weight excluding hydrogens is 195 g/mol. The SMILES string of the molecule is CO[SiH](OC)OC.O=C(O)O.[H-].[Na+]. The van der Waals surface area contributed by atoms with Crippen LogP contribution in [0.1, 0.15) is 1.43 Å². The van der Waals surface area contributed by atoms with Gasteiger partial charge >= 0.3 is 45.2 Å². The molecule has 0 spiro atoms. The summed E-state index contributed by atoms with van der Waals surface area (Å²) in [6, 6.07) is 0. The largest absolute Gasteiger partial charge is 1.00 e. The zero-order chi connectivity index (χ0) is 9.28. The van der Waals surface area contributed by atoms with Gasteiger partial charge in [-0.25, -0.2) is 4.79 Å². The summed E-state index contributed by atoms with van der Waals surface area (Å²) in [5.74, 6) is 0. The first-order chi connectivity index (χ1) is 5.08. The first-order valence-corrected chi connectivity index (χ1v) is 4.00. The summed E-state index contributed by atoms with van der Waals surface area (Å²) >= 11 is 0. The molecule has 0 saturated heterocycles. The van der Waals surface area contributed by atoms with E-state index in [0.29, 0.717) is 0 Å². The van der Waals surface area contributed by atoms with Gasteiger partial charge in [-0.2, -0.15) is 0 Å². The van der Waals surface area contributed by atoms with Crippen molar-refractivity contribution in [3.8, 4) is 0 Å². The predicted octanol–water partition coefficient (Wildman–Crippen LogP) is -3.02. The maximum absolute atomic E-state index is 8.56. The van der Waals surface area contributed by atoms with Crippen LogP contribution in [0, 0.1) is 0 Å². The molecule has 2 N–H and O–H groups in total. The second-order valence-electron chi connectivity index (χ2n) is 1.28. The Hall–Kier alpha value is 0.367. The molecule has 0 amide bonds. The van der Waals surface area contributed by atoms with Crippen LogP contribution < -0.4 is 29.6 Å². The maximum atomic E-state index is 8.56. The quantitative estimate of drug-likeness (QED) is 0.480. The maximum Gasteiger partial charge on any atom is 1.00 e. The Morgan fingerprint density at radius 1 is 1.17 bits per heavy atom. The van der Waals surface area contributed by atoms with Crippen LogP contribution in [0.15, 0.2) is 0 Å². The average molecular weight is 208 g/mol. The van der Waals surface area contributed by atoms with E-state index in [-0.39, 0.29) is 31.0 Å². The van der Waals surface area contributed by atoms with Crippen molar-refractivity contribution in [2.45, 2.75) is 0 Å². The number of carbonyl (C=O) groups is 1. The normalized spacial score (nSPS) is 8.00. The number of carboxylic acid groups (broad SMARTS) is 2. The van der Waals surface area contributed by atoms with Crippen molar-refractivity contribution in [3.63, 3.8) is 0 Å². The molecule has 0 aliphatic heterocycles. The summed E-state index contributed by atoms with van der Waals surface area (Å²) in [7, 11) is 3.05. The molecule has 0 rings (SSSR count). The van der Waals surface area contributed by atoms with Crippen molar-refractivity contribution < 1.29 is 59.3 Å². The first-order valence-electron chi connectivity index (χ1n) is 2.58. The average Bonchev–Trinajstić information content (AvgIpc) is 1.90. The van der Waals surface area contributed by atoms with Gasteiger partial charge in [0.1, 0.15) is 0 Å². The van der Waals surface area contributed by atoms with Crippen LogP contribution in [0.2, 0.25) is 0 Å². The van der Waals surface area contributed by atoms with Gasteiger partial charge in [-0.05, 0) is 0 Å². The first kappa shape index (κ1) is 18.2. The summed E-state index contributed by atoms with van der Waals surface area (Å²) in [4.78, 5) is 8.56. The van der Waals surface area contributed by atoms with E-state index < -0.39 is 15.7 Å². The van der Waals surface area contributed by atoms with Gasteiger partial charge in [-0.15, -0.1) is 0 Å². The second-order valence-corrected chi connectivity index (χ2v) is 3.27. The molecular formula is C4H13NaO6Si. The Labute approximate surface area is 96.2 Å². The standard InChI is InChI=1S/C3H10O3Si.CH2O3.Na.H/c1-4-7(5-2)6-3;2-1(3)4;;/h7H,1-3H3;(H2,2,3,4);;/q;;+1;-1. The van der Waals surface area contributed by atoms with E-state index in [2.05, 4.69) is 0 Å². The van der Waals surface area contributed by atoms with Gasteiger partial charge in [0.15, 0.2) is 0 Å². The number of hydrogen-bond acceptors (Lipinski definition) is 4. The number of hydrogen-bond donors (Lipinski definition) is 2. The molecule has 0 heterocycles. The third kappa shape index (κ3) is 22.4. The van der Waals surface area contributed by atoms with E-state index in [1.54, 1.807) is 21.3 Å². The van der Waals surface area contributed by atoms with Crippen molar-refractivity contribution in [2.75, 3.05) is 21.3 Å². The third-order valence-corrected chi connectivity index (χ3v) is 1.73. The molecule has 0 unspecified atom stereocenters. The fraction of sp³-hybridized carbons (Fsp3) is 0.750. The van der Waals surface area contributed by atoms with E-state index in [9.17, 15) is 0 Å². The third-order valence-electron chi connectivity index (χ3n) is 0.577. The summed E-state index contributed by atoms with van der Waals surface area (Å²) in [6.07, 6.45) is -1.83. The summed E-state index contributed by atoms with van der Waals surface area (Å²) < 4.78 is 14.2. The molecule has 0 atom stereocenters. The van der Waals surface area contributed by atoms with Gasteiger partial charge in [0.25, 0.3) is 0 Å². The Balaban J connectivity index is -0.0000000600. The van der Waals surface area contributed by atoms with Gasteiger partial charge < -0.3 is 24.9 Å². The van der Waals surface area contributed by atoms with E-state index >= 15 is 0 Å². The molecule has 0 aromatic rings. The molecule has 0 fully saturated rings. The van der Waals surface area contributed by atoms with Gasteiger partial charge in [-0.3, -0.25) is 0 Å². The second kappa shape index (κ2) is 13.9. The van der Waals surface area contributed by atoms with Crippen LogP contribution in [-0.2, 0) is 13.3 Å². The predicted molar refractivity (Wildman–Crippen MR) is 39.9 cm³/mol. The number of rotatable bonds is 3. The Kier molecular flexibility index (Phi) is 21.1. The van der Waals surface area contributed by atoms with Crippen molar-refractivity contribution in [1.29, 1.82) is 0 Å². The minimum Gasteiger partial charge on any atom is -1.00 e.